The van der Waals surface area contributed by atoms with Crippen LogP contribution in [0.2, 0.25) is 0 Å². The molecule has 1 unspecified atom stereocenters. The molecule has 0 saturated carbocycles. The van der Waals surface area contributed by atoms with Crippen molar-refractivity contribution >= 4 is 11.8 Å². The Balaban J connectivity index is 2.43. The van der Waals surface area contributed by atoms with Crippen LogP contribution >= 0.6 is 0 Å². The quantitative estimate of drug-likeness (QED) is 0.710. The molecule has 1 rings (SSSR count). The van der Waals surface area contributed by atoms with Gasteiger partial charge in [0.1, 0.15) is 6.04 Å². The molecule has 0 bridgehead atoms. The molecule has 5 heteroatoms. The maximum Gasteiger partial charge on any atom is 0.245 e. The Labute approximate surface area is 109 Å². The molecule has 0 aliphatic carbocycles. The smallest absolute Gasteiger partial charge is 0.245 e. The van der Waals surface area contributed by atoms with E-state index in [1.54, 1.807) is 4.90 Å². The number of rotatable bonds is 6. The Kier molecular flexibility index (Phi) is 5.59. The molecule has 1 heterocycles. The molecular weight excluding hydrogens is 232 g/mol. The largest absolute Gasteiger partial charge is 0.379 e. The average molecular weight is 256 g/mol. The Morgan fingerprint density at radius 1 is 1.33 bits per heavy atom. The summed E-state index contributed by atoms with van der Waals surface area (Å²) in [5.74, 6) is 0.504. The first-order chi connectivity index (χ1) is 8.41. The number of amides is 2. The maximum atomic E-state index is 12.1. The summed E-state index contributed by atoms with van der Waals surface area (Å²) in [7, 11) is 0. The minimum absolute atomic E-state index is 0.00209. The van der Waals surface area contributed by atoms with Gasteiger partial charge in [-0.15, -0.1) is 0 Å². The number of carbonyl (C=O) groups excluding carboxylic acids is 2. The molecular formula is C13H24N2O3. The van der Waals surface area contributed by atoms with Gasteiger partial charge in [-0.25, -0.2) is 0 Å². The van der Waals surface area contributed by atoms with Crippen molar-refractivity contribution in [1.82, 2.24) is 10.2 Å². The Morgan fingerprint density at radius 2 is 2.00 bits per heavy atom. The standard InChI is InChI=1S/C13H24N2O3/c1-9(2)8-18-6-5-15-7-11(16)14-12(10(3)4)13(15)17/h9-10,12H,5-8H2,1-4H3,(H,14,16). The lowest BCUT2D eigenvalue weighted by Gasteiger charge is -2.34. The molecule has 1 N–H and O–H groups in total. The van der Waals surface area contributed by atoms with Crippen molar-refractivity contribution in [3.8, 4) is 0 Å². The number of nitrogens with one attached hydrogen (secondary N) is 1. The van der Waals surface area contributed by atoms with Gasteiger partial charge in [0.15, 0.2) is 0 Å². The zero-order chi connectivity index (χ0) is 13.7. The van der Waals surface area contributed by atoms with Crippen molar-refractivity contribution in [2.45, 2.75) is 33.7 Å². The fraction of sp³-hybridized carbons (Fsp3) is 0.846. The summed E-state index contributed by atoms with van der Waals surface area (Å²) in [5.41, 5.74) is 0. The number of ether oxygens (including phenoxy) is 1. The normalized spacial score (nSPS) is 20.8. The second-order valence-electron chi connectivity index (χ2n) is 5.52. The minimum Gasteiger partial charge on any atom is -0.379 e. The predicted molar refractivity (Wildman–Crippen MR) is 69.0 cm³/mol. The summed E-state index contributed by atoms with van der Waals surface area (Å²) in [4.78, 5) is 25.2. The van der Waals surface area contributed by atoms with Gasteiger partial charge in [0, 0.05) is 13.2 Å². The molecule has 0 spiro atoms. The molecule has 1 fully saturated rings. The van der Waals surface area contributed by atoms with E-state index < -0.39 is 6.04 Å². The van der Waals surface area contributed by atoms with E-state index in [1.165, 1.54) is 0 Å². The van der Waals surface area contributed by atoms with Gasteiger partial charge in [-0.05, 0) is 11.8 Å². The van der Waals surface area contributed by atoms with Gasteiger partial charge in [-0.3, -0.25) is 9.59 Å². The average Bonchev–Trinajstić information content (AvgIpc) is 2.27. The highest BCUT2D eigenvalue weighted by molar-refractivity contribution is 5.94. The van der Waals surface area contributed by atoms with Crippen LogP contribution in [0.5, 0.6) is 0 Å². The lowest BCUT2D eigenvalue weighted by atomic mass is 10.0. The zero-order valence-corrected chi connectivity index (χ0v) is 11.7. The summed E-state index contributed by atoms with van der Waals surface area (Å²) in [6.07, 6.45) is 0. The fourth-order valence-electron chi connectivity index (χ4n) is 1.86. The molecule has 18 heavy (non-hydrogen) atoms. The highest BCUT2D eigenvalue weighted by Gasteiger charge is 2.34. The Hall–Kier alpha value is -1.10. The number of piperazine rings is 1. The van der Waals surface area contributed by atoms with Crippen LogP contribution in [0.4, 0.5) is 0 Å². The lowest BCUT2D eigenvalue weighted by molar-refractivity contribution is -0.146. The van der Waals surface area contributed by atoms with Gasteiger partial charge >= 0.3 is 0 Å². The van der Waals surface area contributed by atoms with E-state index in [1.807, 2.05) is 13.8 Å². The summed E-state index contributed by atoms with van der Waals surface area (Å²) >= 11 is 0. The number of nitrogens with zero attached hydrogens (tertiary/aromatic N) is 1. The van der Waals surface area contributed by atoms with Crippen molar-refractivity contribution in [3.05, 3.63) is 0 Å². The number of hydrogen-bond acceptors (Lipinski definition) is 3. The molecule has 0 aromatic heterocycles. The van der Waals surface area contributed by atoms with Gasteiger partial charge in [0.25, 0.3) is 0 Å². The summed E-state index contributed by atoms with van der Waals surface area (Å²) in [6, 6.07) is -0.392. The van der Waals surface area contributed by atoms with Crippen LogP contribution in [0, 0.1) is 11.8 Å². The summed E-state index contributed by atoms with van der Waals surface area (Å²) in [5, 5.41) is 2.73. The molecule has 1 aliphatic rings. The minimum atomic E-state index is -0.392. The monoisotopic (exact) mass is 256 g/mol. The van der Waals surface area contributed by atoms with E-state index >= 15 is 0 Å². The van der Waals surface area contributed by atoms with Crippen LogP contribution in [0.25, 0.3) is 0 Å². The van der Waals surface area contributed by atoms with Gasteiger partial charge < -0.3 is 15.0 Å². The van der Waals surface area contributed by atoms with E-state index in [0.29, 0.717) is 25.7 Å². The first-order valence-corrected chi connectivity index (χ1v) is 6.57. The van der Waals surface area contributed by atoms with E-state index in [-0.39, 0.29) is 24.3 Å². The van der Waals surface area contributed by atoms with Crippen LogP contribution in [0.15, 0.2) is 0 Å². The molecule has 0 aromatic rings. The number of carbonyl (C=O) groups is 2. The molecule has 0 aromatic carbocycles. The molecule has 104 valence electrons. The van der Waals surface area contributed by atoms with Crippen molar-refractivity contribution in [3.63, 3.8) is 0 Å². The maximum absolute atomic E-state index is 12.1. The van der Waals surface area contributed by atoms with Gasteiger partial charge in [-0.2, -0.15) is 0 Å². The van der Waals surface area contributed by atoms with Crippen LogP contribution in [-0.4, -0.2) is 49.1 Å². The SMILES string of the molecule is CC(C)COCCN1CC(=O)NC(C(C)C)C1=O. The van der Waals surface area contributed by atoms with E-state index in [2.05, 4.69) is 19.2 Å². The Morgan fingerprint density at radius 3 is 2.56 bits per heavy atom. The highest BCUT2D eigenvalue weighted by atomic mass is 16.5. The van der Waals surface area contributed by atoms with Crippen molar-refractivity contribution < 1.29 is 14.3 Å². The highest BCUT2D eigenvalue weighted by Crippen LogP contribution is 2.10. The molecule has 1 aliphatic heterocycles. The topological polar surface area (TPSA) is 58.6 Å². The molecule has 2 amide bonds. The molecule has 1 saturated heterocycles. The lowest BCUT2D eigenvalue weighted by Crippen LogP contribution is -2.60. The second-order valence-corrected chi connectivity index (χ2v) is 5.52. The van der Waals surface area contributed by atoms with E-state index in [9.17, 15) is 9.59 Å². The first kappa shape index (κ1) is 15.0. The van der Waals surface area contributed by atoms with Crippen LogP contribution in [0.1, 0.15) is 27.7 Å². The zero-order valence-electron chi connectivity index (χ0n) is 11.7. The fourth-order valence-corrected chi connectivity index (χ4v) is 1.86. The van der Waals surface area contributed by atoms with Gasteiger partial charge in [0.05, 0.1) is 13.2 Å². The van der Waals surface area contributed by atoms with Gasteiger partial charge in [0.2, 0.25) is 11.8 Å². The molecule has 0 radical (unpaired) electrons. The molecule has 5 nitrogen and oxygen atoms in total. The third-order valence-electron chi connectivity index (χ3n) is 2.85. The first-order valence-electron chi connectivity index (χ1n) is 6.57. The van der Waals surface area contributed by atoms with Crippen LogP contribution in [0.3, 0.4) is 0 Å². The third-order valence-corrected chi connectivity index (χ3v) is 2.85. The van der Waals surface area contributed by atoms with Crippen LogP contribution in [-0.2, 0) is 14.3 Å². The second kappa shape index (κ2) is 6.73. The van der Waals surface area contributed by atoms with Gasteiger partial charge in [-0.1, -0.05) is 27.7 Å². The molecule has 1 atom stereocenters. The summed E-state index contributed by atoms with van der Waals surface area (Å²) in [6.45, 7) is 9.82. The predicted octanol–water partition coefficient (Wildman–Crippen LogP) is 0.642. The Bertz CT molecular complexity index is 303. The van der Waals surface area contributed by atoms with E-state index in [4.69, 9.17) is 4.74 Å². The summed E-state index contributed by atoms with van der Waals surface area (Å²) < 4.78 is 5.45. The van der Waals surface area contributed by atoms with Crippen molar-refractivity contribution in [1.29, 1.82) is 0 Å². The van der Waals surface area contributed by atoms with Crippen molar-refractivity contribution in [2.75, 3.05) is 26.3 Å². The van der Waals surface area contributed by atoms with Crippen molar-refractivity contribution in [2.24, 2.45) is 11.8 Å². The van der Waals surface area contributed by atoms with Crippen LogP contribution < -0.4 is 5.32 Å². The third kappa shape index (κ3) is 4.29. The number of hydrogen-bond donors (Lipinski definition) is 1. The van der Waals surface area contributed by atoms with E-state index in [0.717, 1.165) is 0 Å².